The topological polar surface area (TPSA) is 92.4 Å². The highest BCUT2D eigenvalue weighted by Crippen LogP contribution is 2.26. The second-order valence-electron chi connectivity index (χ2n) is 8.15. The molecule has 1 aliphatic rings. The number of carbonyl (C=O) groups excluding carboxylic acids is 1. The molecule has 4 rings (SSSR count). The van der Waals surface area contributed by atoms with E-state index in [0.717, 1.165) is 30.5 Å². The Balaban J connectivity index is 0.000000406. The number of benzene rings is 3. The Hall–Kier alpha value is -3.65. The van der Waals surface area contributed by atoms with Gasteiger partial charge in [0.2, 0.25) is 5.91 Å². The first kappa shape index (κ1) is 25.0. The van der Waals surface area contributed by atoms with Crippen molar-refractivity contribution < 1.29 is 27.9 Å². The molecule has 0 aromatic heterocycles. The van der Waals surface area contributed by atoms with Crippen molar-refractivity contribution >= 4 is 11.9 Å². The first-order valence-corrected chi connectivity index (χ1v) is 10.6. The van der Waals surface area contributed by atoms with Crippen molar-refractivity contribution in [3.05, 3.63) is 94.5 Å². The zero-order chi connectivity index (χ0) is 24.9. The van der Waals surface area contributed by atoms with E-state index in [1.807, 2.05) is 18.2 Å². The molecule has 178 valence electrons. The lowest BCUT2D eigenvalue weighted by Gasteiger charge is -2.14. The van der Waals surface area contributed by atoms with Crippen LogP contribution in [-0.2, 0) is 24.2 Å². The fraction of sp³-hybridized carbons (Fsp3) is 0.231. The molecule has 0 atom stereocenters. The largest absolute Gasteiger partial charge is 0.490 e. The van der Waals surface area contributed by atoms with E-state index in [1.165, 1.54) is 22.3 Å². The number of hydrogen-bond acceptors (Lipinski definition) is 3. The number of primary amides is 1. The molecule has 0 spiro atoms. The summed E-state index contributed by atoms with van der Waals surface area (Å²) in [5.74, 6) is -3.15. The van der Waals surface area contributed by atoms with E-state index < -0.39 is 18.1 Å². The molecule has 0 unspecified atom stereocenters. The van der Waals surface area contributed by atoms with Gasteiger partial charge in [0.05, 0.1) is 0 Å². The van der Waals surface area contributed by atoms with Gasteiger partial charge >= 0.3 is 12.1 Å². The lowest BCUT2D eigenvalue weighted by atomic mass is 9.97. The molecule has 5 nitrogen and oxygen atoms in total. The third-order valence-corrected chi connectivity index (χ3v) is 5.64. The van der Waals surface area contributed by atoms with Crippen LogP contribution in [0.1, 0.15) is 32.6 Å². The highest BCUT2D eigenvalue weighted by atomic mass is 19.4. The van der Waals surface area contributed by atoms with E-state index in [2.05, 4.69) is 54.7 Å². The van der Waals surface area contributed by atoms with Gasteiger partial charge < -0.3 is 16.2 Å². The molecule has 1 aliphatic carbocycles. The van der Waals surface area contributed by atoms with Gasteiger partial charge in [0.25, 0.3) is 0 Å². The Morgan fingerprint density at radius 2 is 1.62 bits per heavy atom. The minimum absolute atomic E-state index is 0.395. The summed E-state index contributed by atoms with van der Waals surface area (Å²) in [6.07, 6.45) is -2.87. The standard InChI is InChI=1S/C24H24N2O.C2HF3O2/c1-16-11-17(15-26-22-13-18-5-2-3-6-19(18)14-22)9-10-23(16)20-7-4-8-21(12-20)24(25)27;3-2(4,5)1(6)7/h2-12,22,26H,13-15H2,1H3,(H2,25,27);(H,6,7). The molecule has 0 heterocycles. The third kappa shape index (κ3) is 6.45. The summed E-state index contributed by atoms with van der Waals surface area (Å²) in [5, 5.41) is 10.8. The summed E-state index contributed by atoms with van der Waals surface area (Å²) < 4.78 is 31.7. The van der Waals surface area contributed by atoms with E-state index in [9.17, 15) is 18.0 Å². The molecule has 8 heteroatoms. The number of aryl methyl sites for hydroxylation is 1. The van der Waals surface area contributed by atoms with E-state index in [4.69, 9.17) is 15.6 Å². The van der Waals surface area contributed by atoms with Crippen molar-refractivity contribution in [1.29, 1.82) is 0 Å². The van der Waals surface area contributed by atoms with Crippen molar-refractivity contribution in [3.63, 3.8) is 0 Å². The van der Waals surface area contributed by atoms with E-state index in [0.29, 0.717) is 11.6 Å². The lowest BCUT2D eigenvalue weighted by molar-refractivity contribution is -0.192. The molecule has 0 saturated carbocycles. The van der Waals surface area contributed by atoms with E-state index >= 15 is 0 Å². The molecule has 1 amide bonds. The summed E-state index contributed by atoms with van der Waals surface area (Å²) in [5.41, 5.74) is 13.5. The number of nitrogens with one attached hydrogen (secondary N) is 1. The first-order valence-electron chi connectivity index (χ1n) is 10.6. The van der Waals surface area contributed by atoms with Crippen LogP contribution in [0.25, 0.3) is 11.1 Å². The number of carboxylic acid groups (broad SMARTS) is 1. The number of carboxylic acids is 1. The highest BCUT2D eigenvalue weighted by Gasteiger charge is 2.38. The predicted octanol–water partition coefficient (Wildman–Crippen LogP) is 4.65. The molecule has 0 bridgehead atoms. The normalized spacial score (nSPS) is 13.1. The van der Waals surface area contributed by atoms with Crippen LogP contribution in [0.2, 0.25) is 0 Å². The van der Waals surface area contributed by atoms with Crippen molar-refractivity contribution in [2.75, 3.05) is 0 Å². The average molecular weight is 470 g/mol. The number of hydrogen-bond donors (Lipinski definition) is 3. The minimum atomic E-state index is -5.08. The number of nitrogens with two attached hydrogens (primary N) is 1. The van der Waals surface area contributed by atoms with Gasteiger partial charge in [0, 0.05) is 18.2 Å². The lowest BCUT2D eigenvalue weighted by Crippen LogP contribution is -2.28. The van der Waals surface area contributed by atoms with Gasteiger partial charge in [-0.05, 0) is 65.3 Å². The Morgan fingerprint density at radius 3 is 2.15 bits per heavy atom. The average Bonchev–Trinajstić information content (AvgIpc) is 3.21. The van der Waals surface area contributed by atoms with Gasteiger partial charge in [-0.15, -0.1) is 0 Å². The molecular formula is C26H25F3N2O3. The summed E-state index contributed by atoms with van der Waals surface area (Å²) in [4.78, 5) is 20.3. The zero-order valence-electron chi connectivity index (χ0n) is 18.5. The van der Waals surface area contributed by atoms with Gasteiger partial charge in [0.15, 0.2) is 0 Å². The molecule has 34 heavy (non-hydrogen) atoms. The fourth-order valence-electron chi connectivity index (χ4n) is 3.97. The van der Waals surface area contributed by atoms with Gasteiger partial charge in [-0.1, -0.05) is 54.6 Å². The van der Waals surface area contributed by atoms with Gasteiger partial charge in [-0.25, -0.2) is 4.79 Å². The van der Waals surface area contributed by atoms with E-state index in [1.54, 1.807) is 6.07 Å². The maximum absolute atomic E-state index is 11.4. The Labute approximate surface area is 195 Å². The monoisotopic (exact) mass is 470 g/mol. The summed E-state index contributed by atoms with van der Waals surface area (Å²) in [6, 6.07) is 23.2. The predicted molar refractivity (Wildman–Crippen MR) is 123 cm³/mol. The van der Waals surface area contributed by atoms with Crippen LogP contribution in [0.5, 0.6) is 0 Å². The van der Waals surface area contributed by atoms with Crippen molar-refractivity contribution in [2.45, 2.75) is 38.5 Å². The molecule has 0 fully saturated rings. The molecular weight excluding hydrogens is 445 g/mol. The summed E-state index contributed by atoms with van der Waals surface area (Å²) in [6.45, 7) is 2.97. The van der Waals surface area contributed by atoms with Crippen LogP contribution < -0.4 is 11.1 Å². The quantitative estimate of drug-likeness (QED) is 0.506. The summed E-state index contributed by atoms with van der Waals surface area (Å²) >= 11 is 0. The molecule has 0 radical (unpaired) electrons. The molecule has 3 aromatic rings. The van der Waals surface area contributed by atoms with Crippen LogP contribution in [0.15, 0.2) is 66.7 Å². The number of rotatable bonds is 5. The highest BCUT2D eigenvalue weighted by molar-refractivity contribution is 5.94. The second-order valence-corrected chi connectivity index (χ2v) is 8.15. The number of carbonyl (C=O) groups is 2. The maximum atomic E-state index is 11.4. The number of halogens is 3. The Bertz CT molecular complexity index is 1170. The first-order chi connectivity index (χ1) is 16.0. The second kappa shape index (κ2) is 10.5. The maximum Gasteiger partial charge on any atom is 0.490 e. The van der Waals surface area contributed by atoms with Crippen LogP contribution in [-0.4, -0.2) is 29.2 Å². The molecule has 0 saturated heterocycles. The molecule has 0 aliphatic heterocycles. The number of alkyl halides is 3. The Morgan fingerprint density at radius 1 is 1.00 bits per heavy atom. The number of amides is 1. The van der Waals surface area contributed by atoms with Gasteiger partial charge in [0.1, 0.15) is 0 Å². The minimum Gasteiger partial charge on any atom is -0.475 e. The van der Waals surface area contributed by atoms with Crippen LogP contribution in [0, 0.1) is 6.92 Å². The molecule has 4 N–H and O–H groups in total. The van der Waals surface area contributed by atoms with E-state index in [-0.39, 0.29) is 0 Å². The fourth-order valence-corrected chi connectivity index (χ4v) is 3.97. The third-order valence-electron chi connectivity index (χ3n) is 5.64. The van der Waals surface area contributed by atoms with Crippen LogP contribution in [0.4, 0.5) is 13.2 Å². The Kier molecular flexibility index (Phi) is 7.73. The smallest absolute Gasteiger partial charge is 0.475 e. The SMILES string of the molecule is Cc1cc(CNC2Cc3ccccc3C2)ccc1-c1cccc(C(N)=O)c1.O=C(O)C(F)(F)F. The van der Waals surface area contributed by atoms with Crippen LogP contribution >= 0.6 is 0 Å². The van der Waals surface area contributed by atoms with Gasteiger partial charge in [-0.2, -0.15) is 13.2 Å². The van der Waals surface area contributed by atoms with Crippen molar-refractivity contribution in [2.24, 2.45) is 5.73 Å². The van der Waals surface area contributed by atoms with Crippen molar-refractivity contribution in [1.82, 2.24) is 5.32 Å². The molecule has 3 aromatic carbocycles. The van der Waals surface area contributed by atoms with Gasteiger partial charge in [-0.3, -0.25) is 4.79 Å². The summed E-state index contributed by atoms with van der Waals surface area (Å²) in [7, 11) is 0. The number of aliphatic carboxylic acids is 1. The zero-order valence-corrected chi connectivity index (χ0v) is 18.5. The number of fused-ring (bicyclic) bond motifs is 1. The van der Waals surface area contributed by atoms with Crippen molar-refractivity contribution in [3.8, 4) is 11.1 Å². The van der Waals surface area contributed by atoms with Crippen LogP contribution in [0.3, 0.4) is 0 Å².